The number of hydrogen-bond acceptors (Lipinski definition) is 3. The van der Waals surface area contributed by atoms with Crippen molar-refractivity contribution >= 4 is 35.5 Å². The summed E-state index contributed by atoms with van der Waals surface area (Å²) in [5, 5.41) is 4.69. The van der Waals surface area contributed by atoms with Gasteiger partial charge in [-0.1, -0.05) is 23.7 Å². The van der Waals surface area contributed by atoms with Gasteiger partial charge in [0.1, 0.15) is 5.82 Å². The van der Waals surface area contributed by atoms with E-state index in [2.05, 4.69) is 10.5 Å². The molecule has 4 nitrogen and oxygen atoms in total. The molecule has 1 amide bonds. The Labute approximate surface area is 172 Å². The molecule has 28 heavy (non-hydrogen) atoms. The summed E-state index contributed by atoms with van der Waals surface area (Å²) >= 11 is 7.25. The van der Waals surface area contributed by atoms with E-state index in [0.29, 0.717) is 10.7 Å². The lowest BCUT2D eigenvalue weighted by Crippen LogP contribution is -2.19. The van der Waals surface area contributed by atoms with Crippen LogP contribution in [0.1, 0.15) is 17.0 Å². The maximum Gasteiger partial charge on any atom is 0.250 e. The molecule has 0 saturated carbocycles. The minimum absolute atomic E-state index is 0.209. The first-order chi connectivity index (χ1) is 13.5. The van der Waals surface area contributed by atoms with Gasteiger partial charge in [-0.25, -0.2) is 9.82 Å². The van der Waals surface area contributed by atoms with E-state index < -0.39 is 0 Å². The van der Waals surface area contributed by atoms with Crippen LogP contribution in [0, 0.1) is 19.7 Å². The van der Waals surface area contributed by atoms with Crippen molar-refractivity contribution in [3.63, 3.8) is 0 Å². The first kappa shape index (κ1) is 20.2. The highest BCUT2D eigenvalue weighted by Gasteiger charge is 2.12. The lowest BCUT2D eigenvalue weighted by Gasteiger charge is -2.10. The molecule has 0 aliphatic heterocycles. The van der Waals surface area contributed by atoms with E-state index >= 15 is 0 Å². The average molecular weight is 416 g/mol. The molecule has 1 aromatic heterocycles. The zero-order valence-electron chi connectivity index (χ0n) is 15.4. The van der Waals surface area contributed by atoms with Crippen LogP contribution in [0.3, 0.4) is 0 Å². The minimum atomic E-state index is -0.291. The predicted octanol–water partition coefficient (Wildman–Crippen LogP) is 5.13. The molecule has 144 valence electrons. The second kappa shape index (κ2) is 9.08. The molecular formula is C21H19ClFN3OS. The summed E-state index contributed by atoms with van der Waals surface area (Å²) in [7, 11) is 0. The van der Waals surface area contributed by atoms with E-state index in [4.69, 9.17) is 11.6 Å². The topological polar surface area (TPSA) is 46.4 Å². The number of hydrazone groups is 1. The SMILES string of the molecule is Cc1cc(/C=N/NC(=O)CSc2ccc(Cl)cc2)c(C)n1-c1ccccc1F. The molecule has 0 aliphatic carbocycles. The molecule has 3 rings (SSSR count). The first-order valence-corrected chi connectivity index (χ1v) is 9.96. The van der Waals surface area contributed by atoms with Crippen molar-refractivity contribution in [1.29, 1.82) is 0 Å². The molecule has 0 aliphatic rings. The predicted molar refractivity (Wildman–Crippen MR) is 113 cm³/mol. The van der Waals surface area contributed by atoms with E-state index in [0.717, 1.165) is 21.8 Å². The molecular weight excluding hydrogens is 397 g/mol. The third kappa shape index (κ3) is 4.82. The van der Waals surface area contributed by atoms with E-state index in [9.17, 15) is 9.18 Å². The second-order valence-electron chi connectivity index (χ2n) is 6.15. The molecule has 1 heterocycles. The van der Waals surface area contributed by atoms with Crippen LogP contribution in [0.5, 0.6) is 0 Å². The number of nitrogens with zero attached hydrogens (tertiary/aromatic N) is 2. The maximum atomic E-state index is 14.1. The van der Waals surface area contributed by atoms with Gasteiger partial charge < -0.3 is 4.57 Å². The van der Waals surface area contributed by atoms with E-state index in [1.54, 1.807) is 36.5 Å². The van der Waals surface area contributed by atoms with Gasteiger partial charge in [0.2, 0.25) is 5.91 Å². The molecule has 7 heteroatoms. The minimum Gasteiger partial charge on any atom is -0.315 e. The molecule has 3 aromatic rings. The summed E-state index contributed by atoms with van der Waals surface area (Å²) in [6.45, 7) is 3.79. The fraction of sp³-hybridized carbons (Fsp3) is 0.143. The van der Waals surface area contributed by atoms with Crippen molar-refractivity contribution in [3.05, 3.63) is 82.4 Å². The molecule has 2 aromatic carbocycles. The summed E-state index contributed by atoms with van der Waals surface area (Å²) in [5.74, 6) is -0.257. The maximum absolute atomic E-state index is 14.1. The number of rotatable bonds is 6. The highest BCUT2D eigenvalue weighted by molar-refractivity contribution is 8.00. The summed E-state index contributed by atoms with van der Waals surface area (Å²) < 4.78 is 16.0. The van der Waals surface area contributed by atoms with E-state index in [-0.39, 0.29) is 17.5 Å². The van der Waals surface area contributed by atoms with Crippen LogP contribution in [0.15, 0.2) is 64.6 Å². The molecule has 0 atom stereocenters. The fourth-order valence-electron chi connectivity index (χ4n) is 2.81. The normalized spacial score (nSPS) is 11.1. The molecule has 1 N–H and O–H groups in total. The van der Waals surface area contributed by atoms with Crippen LogP contribution in [-0.4, -0.2) is 22.4 Å². The quantitative estimate of drug-likeness (QED) is 0.344. The van der Waals surface area contributed by atoms with Crippen LogP contribution in [0.2, 0.25) is 5.02 Å². The summed E-state index contributed by atoms with van der Waals surface area (Å²) in [5.41, 5.74) is 5.54. The molecule has 0 bridgehead atoms. The van der Waals surface area contributed by atoms with Crippen LogP contribution >= 0.6 is 23.4 Å². The highest BCUT2D eigenvalue weighted by atomic mass is 35.5. The van der Waals surface area contributed by atoms with Crippen LogP contribution in [-0.2, 0) is 4.79 Å². The van der Waals surface area contributed by atoms with Gasteiger partial charge in [0.05, 0.1) is 17.7 Å². The van der Waals surface area contributed by atoms with Gasteiger partial charge in [-0.15, -0.1) is 11.8 Å². The number of thioether (sulfide) groups is 1. The van der Waals surface area contributed by atoms with Gasteiger partial charge >= 0.3 is 0 Å². The number of benzene rings is 2. The largest absolute Gasteiger partial charge is 0.315 e. The van der Waals surface area contributed by atoms with E-state index in [1.807, 2.05) is 36.6 Å². The van der Waals surface area contributed by atoms with Gasteiger partial charge in [0.25, 0.3) is 0 Å². The lowest BCUT2D eigenvalue weighted by molar-refractivity contribution is -0.118. The van der Waals surface area contributed by atoms with Gasteiger partial charge in [0, 0.05) is 26.9 Å². The number of amides is 1. The first-order valence-electron chi connectivity index (χ1n) is 8.60. The zero-order valence-corrected chi connectivity index (χ0v) is 17.0. The lowest BCUT2D eigenvalue weighted by atomic mass is 10.2. The zero-order chi connectivity index (χ0) is 20.1. The highest BCUT2D eigenvalue weighted by Crippen LogP contribution is 2.22. The van der Waals surface area contributed by atoms with Crippen LogP contribution < -0.4 is 5.43 Å². The molecule has 0 unspecified atom stereocenters. The van der Waals surface area contributed by atoms with Crippen molar-refractivity contribution < 1.29 is 9.18 Å². The second-order valence-corrected chi connectivity index (χ2v) is 7.63. The summed E-state index contributed by atoms with van der Waals surface area (Å²) in [6.07, 6.45) is 1.57. The number of carbonyl (C=O) groups is 1. The van der Waals surface area contributed by atoms with Crippen molar-refractivity contribution in [2.24, 2.45) is 5.10 Å². The summed E-state index contributed by atoms with van der Waals surface area (Å²) in [4.78, 5) is 12.9. The Morgan fingerprint density at radius 1 is 1.21 bits per heavy atom. The monoisotopic (exact) mass is 415 g/mol. The Balaban J connectivity index is 1.63. The van der Waals surface area contributed by atoms with Gasteiger partial charge in [-0.05, 0) is 56.3 Å². The summed E-state index contributed by atoms with van der Waals surface area (Å²) in [6, 6.07) is 15.8. The molecule has 0 saturated heterocycles. The number of nitrogens with one attached hydrogen (secondary N) is 1. The van der Waals surface area contributed by atoms with E-state index in [1.165, 1.54) is 17.8 Å². The Morgan fingerprint density at radius 3 is 2.64 bits per heavy atom. The van der Waals surface area contributed by atoms with Gasteiger partial charge in [-0.3, -0.25) is 4.79 Å². The van der Waals surface area contributed by atoms with Crippen molar-refractivity contribution in [2.75, 3.05) is 5.75 Å². The molecule has 0 radical (unpaired) electrons. The Hall–Kier alpha value is -2.57. The smallest absolute Gasteiger partial charge is 0.250 e. The number of halogens is 2. The third-order valence-corrected chi connectivity index (χ3v) is 5.40. The average Bonchev–Trinajstić information content (AvgIpc) is 2.95. The Morgan fingerprint density at radius 2 is 1.93 bits per heavy atom. The van der Waals surface area contributed by atoms with Crippen molar-refractivity contribution in [1.82, 2.24) is 9.99 Å². The van der Waals surface area contributed by atoms with Crippen molar-refractivity contribution in [2.45, 2.75) is 18.7 Å². The Kier molecular flexibility index (Phi) is 6.54. The number of hydrogen-bond donors (Lipinski definition) is 1. The fourth-order valence-corrected chi connectivity index (χ4v) is 3.62. The third-order valence-electron chi connectivity index (χ3n) is 4.14. The number of para-hydroxylation sites is 1. The van der Waals surface area contributed by atoms with Crippen LogP contribution in [0.25, 0.3) is 5.69 Å². The number of aromatic nitrogens is 1. The molecule has 0 fully saturated rings. The number of aryl methyl sites for hydroxylation is 1. The van der Waals surface area contributed by atoms with Gasteiger partial charge in [-0.2, -0.15) is 5.10 Å². The standard InChI is InChI=1S/C21H19ClFN3OS/c1-14-11-16(15(2)26(14)20-6-4-3-5-19(20)23)12-24-25-21(27)13-28-18-9-7-17(22)8-10-18/h3-12H,13H2,1-2H3,(H,25,27)/b24-12+. The van der Waals surface area contributed by atoms with Crippen molar-refractivity contribution in [3.8, 4) is 5.69 Å². The molecule has 0 spiro atoms. The Bertz CT molecular complexity index is 1010. The number of carbonyl (C=O) groups excluding carboxylic acids is 1. The van der Waals surface area contributed by atoms with Crippen LogP contribution in [0.4, 0.5) is 4.39 Å². The van der Waals surface area contributed by atoms with Gasteiger partial charge in [0.15, 0.2) is 0 Å².